The largest absolute Gasteiger partial charge is 0.493 e. The number of benzene rings is 3. The first-order valence-electron chi connectivity index (χ1n) is 12.5. The molecule has 0 atom stereocenters. The molecule has 0 spiro atoms. The van der Waals surface area contributed by atoms with Crippen LogP contribution in [0.5, 0.6) is 17.2 Å². The molecule has 5 aromatic rings. The van der Waals surface area contributed by atoms with Gasteiger partial charge in [0.1, 0.15) is 18.3 Å². The normalized spacial score (nSPS) is 11.0. The predicted molar refractivity (Wildman–Crippen MR) is 153 cm³/mol. The van der Waals surface area contributed by atoms with Crippen LogP contribution in [0.4, 0.5) is 5.69 Å². The van der Waals surface area contributed by atoms with E-state index in [0.29, 0.717) is 41.5 Å². The lowest BCUT2D eigenvalue weighted by Gasteiger charge is -2.14. The van der Waals surface area contributed by atoms with E-state index in [9.17, 15) is 4.79 Å². The second kappa shape index (κ2) is 11.2. The summed E-state index contributed by atoms with van der Waals surface area (Å²) >= 11 is 0. The number of guanidine groups is 1. The summed E-state index contributed by atoms with van der Waals surface area (Å²) in [5.74, 6) is 2.80. The Kier molecular flexibility index (Phi) is 7.40. The number of rotatable bonds is 10. The maximum Gasteiger partial charge on any atom is 0.251 e. The Balaban J connectivity index is 1.25. The molecular formula is C28H30N8O4. The third kappa shape index (κ3) is 5.46. The number of anilines is 1. The highest BCUT2D eigenvalue weighted by Gasteiger charge is 2.15. The monoisotopic (exact) mass is 542 g/mol. The second-order valence-corrected chi connectivity index (χ2v) is 9.02. The van der Waals surface area contributed by atoms with Gasteiger partial charge in [0.05, 0.1) is 49.3 Å². The number of carbonyl (C=O) groups excluding carboxylic acids is 1. The van der Waals surface area contributed by atoms with E-state index in [1.54, 1.807) is 32.4 Å². The summed E-state index contributed by atoms with van der Waals surface area (Å²) in [6.45, 7) is 0.537. The highest BCUT2D eigenvalue weighted by Crippen LogP contribution is 2.36. The van der Waals surface area contributed by atoms with E-state index >= 15 is 0 Å². The third-order valence-electron chi connectivity index (χ3n) is 6.39. The van der Waals surface area contributed by atoms with Crippen molar-refractivity contribution in [3.05, 3.63) is 71.8 Å². The number of nitrogens with two attached hydrogens (primary N) is 1. The van der Waals surface area contributed by atoms with Crippen LogP contribution >= 0.6 is 0 Å². The first kappa shape index (κ1) is 26.4. The molecule has 40 heavy (non-hydrogen) atoms. The average molecular weight is 543 g/mol. The lowest BCUT2D eigenvalue weighted by atomic mass is 10.2. The first-order valence-corrected chi connectivity index (χ1v) is 12.5. The number of aromatic amines is 1. The van der Waals surface area contributed by atoms with Crippen LogP contribution in [0.3, 0.4) is 0 Å². The summed E-state index contributed by atoms with van der Waals surface area (Å²) in [7, 11) is 5.04. The molecule has 0 radical (unpaired) electrons. The van der Waals surface area contributed by atoms with Gasteiger partial charge in [-0.1, -0.05) is 6.07 Å². The van der Waals surface area contributed by atoms with Crippen molar-refractivity contribution >= 4 is 39.6 Å². The molecule has 206 valence electrons. The van der Waals surface area contributed by atoms with Gasteiger partial charge in [0.25, 0.3) is 5.91 Å². The average Bonchev–Trinajstić information content (AvgIpc) is 3.49. The van der Waals surface area contributed by atoms with Gasteiger partial charge in [-0.15, -0.1) is 0 Å². The van der Waals surface area contributed by atoms with Gasteiger partial charge in [0, 0.05) is 18.3 Å². The molecule has 2 aromatic heterocycles. The molecule has 5 rings (SSSR count). The molecule has 12 nitrogen and oxygen atoms in total. The number of methoxy groups -OCH3 is 2. The third-order valence-corrected chi connectivity index (χ3v) is 6.39. The van der Waals surface area contributed by atoms with Gasteiger partial charge in [-0.25, -0.2) is 9.97 Å². The minimum atomic E-state index is -0.215. The van der Waals surface area contributed by atoms with E-state index in [-0.39, 0.29) is 18.5 Å². The van der Waals surface area contributed by atoms with Crippen molar-refractivity contribution in [2.24, 2.45) is 12.8 Å². The Bertz CT molecular complexity index is 1690. The van der Waals surface area contributed by atoms with Crippen LogP contribution in [0.2, 0.25) is 0 Å². The van der Waals surface area contributed by atoms with Crippen LogP contribution < -0.4 is 30.6 Å². The van der Waals surface area contributed by atoms with Gasteiger partial charge >= 0.3 is 0 Å². The highest BCUT2D eigenvalue weighted by molar-refractivity contribution is 5.97. The quantitative estimate of drug-likeness (QED) is 0.102. The molecule has 0 aliphatic rings. The summed E-state index contributed by atoms with van der Waals surface area (Å²) in [5.41, 5.74) is 9.88. The zero-order valence-electron chi connectivity index (χ0n) is 22.4. The Hall–Kier alpha value is -5.26. The topological polar surface area (TPSA) is 165 Å². The summed E-state index contributed by atoms with van der Waals surface area (Å²) < 4.78 is 18.5. The Morgan fingerprint density at radius 3 is 2.55 bits per heavy atom. The van der Waals surface area contributed by atoms with Crippen molar-refractivity contribution in [2.45, 2.75) is 6.42 Å². The number of nitrogens with one attached hydrogen (secondary N) is 4. The summed E-state index contributed by atoms with van der Waals surface area (Å²) in [5, 5.41) is 13.1. The van der Waals surface area contributed by atoms with Crippen molar-refractivity contribution < 1.29 is 19.0 Å². The molecule has 12 heteroatoms. The van der Waals surface area contributed by atoms with Crippen molar-refractivity contribution in [3.8, 4) is 17.2 Å². The fraction of sp³-hybridized carbons (Fsp3) is 0.214. The molecule has 0 bridgehead atoms. The zero-order valence-corrected chi connectivity index (χ0v) is 22.4. The Morgan fingerprint density at radius 2 is 1.82 bits per heavy atom. The molecule has 0 saturated heterocycles. The fourth-order valence-corrected chi connectivity index (χ4v) is 4.44. The number of imidazole rings is 2. The fourth-order valence-electron chi connectivity index (χ4n) is 4.44. The number of hydrogen-bond donors (Lipinski definition) is 5. The minimum absolute atomic E-state index is 0.135. The number of hydrogen-bond acceptors (Lipinski definition) is 7. The maximum absolute atomic E-state index is 12.9. The molecule has 0 aliphatic heterocycles. The highest BCUT2D eigenvalue weighted by atomic mass is 16.5. The van der Waals surface area contributed by atoms with E-state index in [1.807, 2.05) is 48.0 Å². The van der Waals surface area contributed by atoms with Crippen LogP contribution in [0.25, 0.3) is 22.1 Å². The molecule has 1 amide bonds. The van der Waals surface area contributed by atoms with Gasteiger partial charge < -0.3 is 40.1 Å². The lowest BCUT2D eigenvalue weighted by molar-refractivity contribution is 0.0946. The number of amides is 1. The zero-order chi connectivity index (χ0) is 28.2. The van der Waals surface area contributed by atoms with Crippen LogP contribution in [-0.4, -0.2) is 58.8 Å². The number of aryl methyl sites for hydroxylation is 1. The van der Waals surface area contributed by atoms with Crippen LogP contribution in [0.15, 0.2) is 54.6 Å². The molecule has 2 heterocycles. The molecule has 0 fully saturated rings. The Morgan fingerprint density at radius 1 is 1.05 bits per heavy atom. The minimum Gasteiger partial charge on any atom is -0.493 e. The summed E-state index contributed by atoms with van der Waals surface area (Å²) in [4.78, 5) is 25.6. The predicted octanol–water partition coefficient (Wildman–Crippen LogP) is 3.17. The van der Waals surface area contributed by atoms with E-state index in [2.05, 4.69) is 20.6 Å². The number of nitrogens with zero attached hydrogens (tertiary/aromatic N) is 3. The molecule has 3 aromatic carbocycles. The van der Waals surface area contributed by atoms with E-state index < -0.39 is 0 Å². The van der Waals surface area contributed by atoms with Crippen molar-refractivity contribution in [1.82, 2.24) is 24.8 Å². The maximum atomic E-state index is 12.9. The molecular weight excluding hydrogens is 512 g/mol. The lowest BCUT2D eigenvalue weighted by Crippen LogP contribution is -2.28. The van der Waals surface area contributed by atoms with Crippen LogP contribution in [0, 0.1) is 5.41 Å². The van der Waals surface area contributed by atoms with E-state index in [1.165, 1.54) is 0 Å². The van der Waals surface area contributed by atoms with Crippen molar-refractivity contribution in [3.63, 3.8) is 0 Å². The SMILES string of the molecule is COc1cccc(OC)c1OCCNC(=O)c1ccc2nc(Cc3nc4cc(NC(=N)N)ccc4[nH]3)n(C)c2c1. The number of H-pyrrole nitrogens is 1. The number of aromatic nitrogens is 4. The summed E-state index contributed by atoms with van der Waals surface area (Å²) in [6.07, 6.45) is 0.473. The smallest absolute Gasteiger partial charge is 0.251 e. The number of carbonyl (C=O) groups is 1. The number of para-hydroxylation sites is 1. The molecule has 6 N–H and O–H groups in total. The van der Waals surface area contributed by atoms with Crippen molar-refractivity contribution in [1.29, 1.82) is 5.41 Å². The molecule has 0 unspecified atom stereocenters. The van der Waals surface area contributed by atoms with Crippen molar-refractivity contribution in [2.75, 3.05) is 32.7 Å². The van der Waals surface area contributed by atoms with Crippen LogP contribution in [0.1, 0.15) is 22.0 Å². The number of fused-ring (bicyclic) bond motifs is 2. The molecule has 0 aliphatic carbocycles. The number of ether oxygens (including phenoxy) is 3. The Labute approximate surface area is 230 Å². The van der Waals surface area contributed by atoms with E-state index in [0.717, 1.165) is 33.7 Å². The van der Waals surface area contributed by atoms with Crippen LogP contribution in [-0.2, 0) is 13.5 Å². The van der Waals surface area contributed by atoms with E-state index in [4.69, 9.17) is 30.3 Å². The van der Waals surface area contributed by atoms with Gasteiger partial charge in [-0.2, -0.15) is 0 Å². The van der Waals surface area contributed by atoms with Gasteiger partial charge in [-0.05, 0) is 48.5 Å². The summed E-state index contributed by atoms with van der Waals surface area (Å²) in [6, 6.07) is 16.3. The molecule has 0 saturated carbocycles. The second-order valence-electron chi connectivity index (χ2n) is 9.02. The van der Waals surface area contributed by atoms with Gasteiger partial charge in [-0.3, -0.25) is 10.2 Å². The van der Waals surface area contributed by atoms with Gasteiger partial charge in [0.15, 0.2) is 17.5 Å². The first-order chi connectivity index (χ1) is 19.4. The standard InChI is InChI=1S/C28H30N8O4/c1-36-21-13-16(27(37)31-11-12-40-26-22(38-2)5-4-6-23(26)39-3)7-9-19(21)35-25(36)15-24-33-18-10-8-17(32-28(29)30)14-20(18)34-24/h4-10,13-14H,11-12,15H2,1-3H3,(H,31,37)(H,33,34)(H4,29,30,32). The van der Waals surface area contributed by atoms with Gasteiger partial charge in [0.2, 0.25) is 5.75 Å².